The van der Waals surface area contributed by atoms with Gasteiger partial charge in [0, 0.05) is 12.1 Å². The maximum absolute atomic E-state index is 13.7. The third-order valence-corrected chi connectivity index (χ3v) is 7.32. The van der Waals surface area contributed by atoms with E-state index in [0.717, 1.165) is 54.7 Å². The van der Waals surface area contributed by atoms with Crippen molar-refractivity contribution >= 4 is 12.0 Å². The molecule has 3 rings (SSSR count). The normalized spacial score (nSPS) is 15.1. The van der Waals surface area contributed by atoms with Crippen molar-refractivity contribution in [3.63, 3.8) is 0 Å². The maximum Gasteiger partial charge on any atom is 0.329 e. The van der Waals surface area contributed by atoms with Gasteiger partial charge in [-0.25, -0.2) is 9.59 Å². The van der Waals surface area contributed by atoms with Crippen molar-refractivity contribution in [2.24, 2.45) is 0 Å². The fourth-order valence-corrected chi connectivity index (χ4v) is 5.09. The predicted octanol–water partition coefficient (Wildman–Crippen LogP) is 6.29. The maximum atomic E-state index is 13.7. The van der Waals surface area contributed by atoms with Gasteiger partial charge < -0.3 is 24.8 Å². The topological polar surface area (TPSA) is 88.1 Å². The van der Waals surface area contributed by atoms with Gasteiger partial charge in [-0.15, -0.1) is 0 Å². The fourth-order valence-electron chi connectivity index (χ4n) is 5.09. The third-order valence-electron chi connectivity index (χ3n) is 7.32. The van der Waals surface area contributed by atoms with Gasteiger partial charge in [0.2, 0.25) is 0 Å². The highest BCUT2D eigenvalue weighted by molar-refractivity contribution is 5.86. The Hall–Kier alpha value is -3.22. The van der Waals surface area contributed by atoms with Crippen molar-refractivity contribution in [2.45, 2.75) is 84.2 Å². The zero-order valence-corrected chi connectivity index (χ0v) is 22.7. The number of carboxylic acid groups (broad SMARTS) is 1. The molecule has 1 fully saturated rings. The van der Waals surface area contributed by atoms with Crippen LogP contribution in [0.3, 0.4) is 0 Å². The molecule has 0 spiro atoms. The van der Waals surface area contributed by atoms with Gasteiger partial charge in [-0.2, -0.15) is 0 Å². The fraction of sp³-hybridized carbons (Fsp3) is 0.533. The average molecular weight is 511 g/mol. The van der Waals surface area contributed by atoms with Crippen molar-refractivity contribution in [2.75, 3.05) is 19.8 Å². The summed E-state index contributed by atoms with van der Waals surface area (Å²) in [7, 11) is 0. The molecule has 1 unspecified atom stereocenters. The lowest BCUT2D eigenvalue weighted by molar-refractivity contribution is -0.144. The Morgan fingerprint density at radius 1 is 1.03 bits per heavy atom. The van der Waals surface area contributed by atoms with Gasteiger partial charge in [-0.05, 0) is 83.1 Å². The number of carboxylic acids is 1. The van der Waals surface area contributed by atoms with E-state index in [1.54, 1.807) is 4.90 Å². The first-order valence-corrected chi connectivity index (χ1v) is 13.6. The van der Waals surface area contributed by atoms with Gasteiger partial charge in [-0.3, -0.25) is 0 Å². The van der Waals surface area contributed by atoms with Gasteiger partial charge in [0.15, 0.2) is 0 Å². The van der Waals surface area contributed by atoms with E-state index >= 15 is 0 Å². The molecule has 0 saturated heterocycles. The molecule has 1 atom stereocenters. The van der Waals surface area contributed by atoms with Crippen molar-refractivity contribution in [1.82, 2.24) is 10.2 Å². The summed E-state index contributed by atoms with van der Waals surface area (Å²) in [4.78, 5) is 27.6. The number of unbranched alkanes of at least 4 members (excludes halogenated alkanes) is 1. The third kappa shape index (κ3) is 7.18. The molecule has 0 radical (unpaired) electrons. The van der Waals surface area contributed by atoms with E-state index < -0.39 is 11.5 Å². The van der Waals surface area contributed by atoms with Crippen molar-refractivity contribution in [3.8, 4) is 11.5 Å². The van der Waals surface area contributed by atoms with Crippen molar-refractivity contribution in [1.29, 1.82) is 0 Å². The van der Waals surface area contributed by atoms with Crippen LogP contribution in [0.1, 0.15) is 82.0 Å². The van der Waals surface area contributed by atoms with Crippen LogP contribution in [-0.2, 0) is 11.2 Å². The molecule has 2 aromatic rings. The molecule has 0 bridgehead atoms. The Bertz CT molecular complexity index is 1010. The molecule has 7 heteroatoms. The van der Waals surface area contributed by atoms with Crippen LogP contribution in [0.15, 0.2) is 42.5 Å². The van der Waals surface area contributed by atoms with Crippen LogP contribution in [-0.4, -0.2) is 47.3 Å². The number of carbonyl (C=O) groups excluding carboxylic acids is 1. The second-order valence-electron chi connectivity index (χ2n) is 9.84. The van der Waals surface area contributed by atoms with Gasteiger partial charge in [0.1, 0.15) is 17.0 Å². The molecule has 1 aliphatic rings. The summed E-state index contributed by atoms with van der Waals surface area (Å²) >= 11 is 0. The van der Waals surface area contributed by atoms with Crippen LogP contribution in [0.2, 0.25) is 0 Å². The van der Waals surface area contributed by atoms with Gasteiger partial charge in [0.25, 0.3) is 0 Å². The van der Waals surface area contributed by atoms with E-state index in [4.69, 9.17) is 9.47 Å². The zero-order chi connectivity index (χ0) is 26.8. The Morgan fingerprint density at radius 3 is 2.16 bits per heavy atom. The summed E-state index contributed by atoms with van der Waals surface area (Å²) in [6.07, 6.45) is 5.16. The summed E-state index contributed by atoms with van der Waals surface area (Å²) in [6.45, 7) is 9.39. The van der Waals surface area contributed by atoms with Crippen LogP contribution in [0, 0.1) is 6.92 Å². The number of ether oxygens (including phenoxy) is 2. The van der Waals surface area contributed by atoms with E-state index in [-0.39, 0.29) is 12.1 Å². The Balaban J connectivity index is 1.85. The quantitative estimate of drug-likeness (QED) is 0.309. The number of hydrogen-bond donors (Lipinski definition) is 2. The highest BCUT2D eigenvalue weighted by Crippen LogP contribution is 2.35. The molecular formula is C30H42N2O5. The van der Waals surface area contributed by atoms with Crippen molar-refractivity contribution in [3.05, 3.63) is 59.2 Å². The van der Waals surface area contributed by atoms with Crippen LogP contribution < -0.4 is 14.8 Å². The second-order valence-corrected chi connectivity index (χ2v) is 9.84. The second kappa shape index (κ2) is 13.4. The van der Waals surface area contributed by atoms with E-state index in [1.165, 1.54) is 5.56 Å². The van der Waals surface area contributed by atoms with Crippen molar-refractivity contribution < 1.29 is 24.2 Å². The number of aryl methyl sites for hydroxylation is 1. The minimum absolute atomic E-state index is 0.303. The zero-order valence-electron chi connectivity index (χ0n) is 22.7. The molecule has 202 valence electrons. The number of rotatable bonds is 13. The van der Waals surface area contributed by atoms with Gasteiger partial charge in [0.05, 0.1) is 19.3 Å². The average Bonchev–Trinajstić information content (AvgIpc) is 3.36. The molecule has 2 amide bonds. The highest BCUT2D eigenvalue weighted by Gasteiger charge is 2.43. The van der Waals surface area contributed by atoms with Crippen LogP contribution >= 0.6 is 0 Å². The number of benzene rings is 2. The van der Waals surface area contributed by atoms with Crippen LogP contribution in [0.25, 0.3) is 0 Å². The first-order chi connectivity index (χ1) is 17.8. The minimum atomic E-state index is -1.20. The summed E-state index contributed by atoms with van der Waals surface area (Å²) in [5.74, 6) is 0.512. The first kappa shape index (κ1) is 28.4. The number of aliphatic carboxylic acids is 1. The highest BCUT2D eigenvalue weighted by atomic mass is 16.5. The lowest BCUT2D eigenvalue weighted by atomic mass is 9.98. The minimum Gasteiger partial charge on any atom is -0.493 e. The summed E-state index contributed by atoms with van der Waals surface area (Å²) < 4.78 is 11.8. The molecule has 1 saturated carbocycles. The SMILES string of the molecule is CCOc1cc(C(C)N(CCCCc2ccccc2)C(=O)NC2(C(=O)O)CCCC2)cc(OCC)c1C. The number of urea groups is 1. The molecule has 7 nitrogen and oxygen atoms in total. The lowest BCUT2D eigenvalue weighted by Crippen LogP contribution is -2.56. The number of amides is 2. The van der Waals surface area contributed by atoms with Gasteiger partial charge >= 0.3 is 12.0 Å². The number of hydrogen-bond acceptors (Lipinski definition) is 4. The van der Waals surface area contributed by atoms with E-state index in [2.05, 4.69) is 17.4 Å². The first-order valence-electron chi connectivity index (χ1n) is 13.6. The van der Waals surface area contributed by atoms with E-state index in [1.807, 2.05) is 58.0 Å². The summed E-state index contributed by atoms with van der Waals surface area (Å²) in [5.41, 5.74) is 1.89. The Morgan fingerprint density at radius 2 is 1.62 bits per heavy atom. The Kier molecular flexibility index (Phi) is 10.2. The number of nitrogens with zero attached hydrogens (tertiary/aromatic N) is 1. The van der Waals surface area contributed by atoms with Crippen LogP contribution in [0.5, 0.6) is 11.5 Å². The Labute approximate surface area is 221 Å². The van der Waals surface area contributed by atoms with Gasteiger partial charge in [-0.1, -0.05) is 43.2 Å². The smallest absolute Gasteiger partial charge is 0.329 e. The molecule has 2 aromatic carbocycles. The largest absolute Gasteiger partial charge is 0.493 e. The summed E-state index contributed by atoms with van der Waals surface area (Å²) in [5, 5.41) is 12.9. The lowest BCUT2D eigenvalue weighted by Gasteiger charge is -2.34. The summed E-state index contributed by atoms with van der Waals surface area (Å²) in [6, 6.07) is 13.6. The van der Waals surface area contributed by atoms with E-state index in [9.17, 15) is 14.7 Å². The number of nitrogens with one attached hydrogen (secondary N) is 1. The van der Waals surface area contributed by atoms with E-state index in [0.29, 0.717) is 32.6 Å². The molecule has 37 heavy (non-hydrogen) atoms. The monoisotopic (exact) mass is 510 g/mol. The predicted molar refractivity (Wildman–Crippen MR) is 145 cm³/mol. The van der Waals surface area contributed by atoms with Crippen LogP contribution in [0.4, 0.5) is 4.79 Å². The molecule has 0 aliphatic heterocycles. The standard InChI is InChI=1S/C30H42N2O5/c1-5-36-26-20-25(21-27(22(26)3)37-6-2)23(4)32(19-13-10-16-24-14-8-7-9-15-24)29(35)31-30(28(33)34)17-11-12-18-30/h7-9,14-15,20-21,23H,5-6,10-13,16-19H2,1-4H3,(H,31,35)(H,33,34). The number of carbonyl (C=O) groups is 2. The molecule has 1 aliphatic carbocycles. The molecule has 0 aromatic heterocycles. The molecular weight excluding hydrogens is 468 g/mol. The molecule has 0 heterocycles. The molecule has 2 N–H and O–H groups in total.